The standard InChI is InChI=1S/C11H11ClO3/c1-15-11(14)7-9(13)6-8-4-2-3-5-10(8)12/h2-5H,6-7H2,1H3. The maximum Gasteiger partial charge on any atom is 0.313 e. The van der Waals surface area contributed by atoms with E-state index in [0.29, 0.717) is 5.02 Å². The summed E-state index contributed by atoms with van der Waals surface area (Å²) in [6.07, 6.45) is -0.0451. The van der Waals surface area contributed by atoms with Crippen molar-refractivity contribution in [3.05, 3.63) is 34.9 Å². The summed E-state index contributed by atoms with van der Waals surface area (Å²) in [6, 6.07) is 7.06. The van der Waals surface area contributed by atoms with Gasteiger partial charge in [0, 0.05) is 11.4 Å². The molecule has 80 valence electrons. The molecule has 3 nitrogen and oxygen atoms in total. The van der Waals surface area contributed by atoms with E-state index >= 15 is 0 Å². The Labute approximate surface area is 93.0 Å². The molecule has 1 aromatic rings. The van der Waals surface area contributed by atoms with Crippen molar-refractivity contribution in [2.75, 3.05) is 7.11 Å². The highest BCUT2D eigenvalue weighted by Crippen LogP contribution is 2.16. The minimum atomic E-state index is -0.521. The first kappa shape index (κ1) is 11.7. The SMILES string of the molecule is COC(=O)CC(=O)Cc1ccccc1Cl. The number of methoxy groups -OCH3 is 1. The average molecular weight is 227 g/mol. The number of halogens is 1. The maximum atomic E-state index is 11.4. The summed E-state index contributed by atoms with van der Waals surface area (Å²) >= 11 is 5.87. The number of Topliss-reactive ketones (excluding diaryl/α,β-unsaturated/α-hetero) is 1. The predicted octanol–water partition coefficient (Wildman–Crippen LogP) is 2.01. The van der Waals surface area contributed by atoms with Crippen molar-refractivity contribution in [2.24, 2.45) is 0 Å². The van der Waals surface area contributed by atoms with Crippen LogP contribution in [0.3, 0.4) is 0 Å². The number of carbonyl (C=O) groups is 2. The summed E-state index contributed by atoms with van der Waals surface area (Å²) in [7, 11) is 1.26. The van der Waals surface area contributed by atoms with Crippen LogP contribution < -0.4 is 0 Å². The van der Waals surface area contributed by atoms with Gasteiger partial charge in [0.2, 0.25) is 0 Å². The van der Waals surface area contributed by atoms with Crippen molar-refractivity contribution in [1.82, 2.24) is 0 Å². The molecule has 0 aromatic heterocycles. The first-order valence-electron chi connectivity index (χ1n) is 4.45. The first-order valence-corrected chi connectivity index (χ1v) is 4.83. The highest BCUT2D eigenvalue weighted by Gasteiger charge is 2.11. The van der Waals surface area contributed by atoms with Crippen LogP contribution in [-0.4, -0.2) is 18.9 Å². The van der Waals surface area contributed by atoms with E-state index in [9.17, 15) is 9.59 Å². The highest BCUT2D eigenvalue weighted by atomic mass is 35.5. The monoisotopic (exact) mass is 226 g/mol. The van der Waals surface area contributed by atoms with Crippen LogP contribution in [0.2, 0.25) is 5.02 Å². The van der Waals surface area contributed by atoms with Gasteiger partial charge in [0.15, 0.2) is 0 Å². The van der Waals surface area contributed by atoms with Gasteiger partial charge in [-0.05, 0) is 11.6 Å². The van der Waals surface area contributed by atoms with E-state index < -0.39 is 5.97 Å². The molecular weight excluding hydrogens is 216 g/mol. The zero-order valence-corrected chi connectivity index (χ0v) is 9.08. The van der Waals surface area contributed by atoms with E-state index in [1.165, 1.54) is 7.11 Å². The molecular formula is C11H11ClO3. The van der Waals surface area contributed by atoms with E-state index in [0.717, 1.165) is 5.56 Å². The van der Waals surface area contributed by atoms with E-state index in [-0.39, 0.29) is 18.6 Å². The molecule has 1 aromatic carbocycles. The number of benzene rings is 1. The molecule has 0 radical (unpaired) electrons. The Morgan fingerprint density at radius 1 is 1.33 bits per heavy atom. The largest absolute Gasteiger partial charge is 0.469 e. The van der Waals surface area contributed by atoms with Crippen LogP contribution in [0, 0.1) is 0 Å². The predicted molar refractivity (Wildman–Crippen MR) is 56.8 cm³/mol. The minimum Gasteiger partial charge on any atom is -0.469 e. The quantitative estimate of drug-likeness (QED) is 0.583. The van der Waals surface area contributed by atoms with Crippen molar-refractivity contribution >= 4 is 23.4 Å². The second-order valence-electron chi connectivity index (χ2n) is 3.06. The summed E-state index contributed by atoms with van der Waals surface area (Å²) in [4.78, 5) is 22.2. The molecule has 0 aliphatic heterocycles. The molecule has 0 spiro atoms. The van der Waals surface area contributed by atoms with Crippen molar-refractivity contribution in [3.8, 4) is 0 Å². The number of rotatable bonds is 4. The van der Waals surface area contributed by atoms with Crippen LogP contribution in [0.4, 0.5) is 0 Å². The molecule has 4 heteroatoms. The molecule has 15 heavy (non-hydrogen) atoms. The van der Waals surface area contributed by atoms with Gasteiger partial charge >= 0.3 is 5.97 Å². The Morgan fingerprint density at radius 3 is 2.60 bits per heavy atom. The molecule has 0 saturated carbocycles. The molecule has 0 unspecified atom stereocenters. The lowest BCUT2D eigenvalue weighted by Gasteiger charge is -2.02. The first-order chi connectivity index (χ1) is 7.13. The van der Waals surface area contributed by atoms with E-state index in [2.05, 4.69) is 4.74 Å². The zero-order chi connectivity index (χ0) is 11.3. The third kappa shape index (κ3) is 3.72. The van der Waals surface area contributed by atoms with Crippen LogP contribution in [0.1, 0.15) is 12.0 Å². The van der Waals surface area contributed by atoms with Crippen molar-refractivity contribution < 1.29 is 14.3 Å². The Balaban J connectivity index is 2.59. The number of esters is 1. The van der Waals surface area contributed by atoms with Crippen molar-refractivity contribution in [2.45, 2.75) is 12.8 Å². The fourth-order valence-electron chi connectivity index (χ4n) is 1.15. The lowest BCUT2D eigenvalue weighted by Crippen LogP contribution is -2.11. The van der Waals surface area contributed by atoms with Crippen LogP contribution >= 0.6 is 11.6 Å². The molecule has 0 saturated heterocycles. The molecule has 0 heterocycles. The molecule has 0 N–H and O–H groups in total. The second kappa shape index (κ2) is 5.51. The summed E-state index contributed by atoms with van der Waals surface area (Å²) in [6.45, 7) is 0. The molecule has 0 atom stereocenters. The van der Waals surface area contributed by atoms with Gasteiger partial charge in [0.1, 0.15) is 12.2 Å². The van der Waals surface area contributed by atoms with Crippen molar-refractivity contribution in [1.29, 1.82) is 0 Å². The van der Waals surface area contributed by atoms with E-state index in [4.69, 9.17) is 11.6 Å². The maximum absolute atomic E-state index is 11.4. The molecule has 0 amide bonds. The van der Waals surface area contributed by atoms with Gasteiger partial charge in [-0.1, -0.05) is 29.8 Å². The van der Waals surface area contributed by atoms with Gasteiger partial charge in [-0.2, -0.15) is 0 Å². The fourth-order valence-corrected chi connectivity index (χ4v) is 1.35. The lowest BCUT2D eigenvalue weighted by atomic mass is 10.1. The van der Waals surface area contributed by atoms with E-state index in [1.54, 1.807) is 24.3 Å². The normalized spacial score (nSPS) is 9.73. The third-order valence-electron chi connectivity index (χ3n) is 1.91. The van der Waals surface area contributed by atoms with Gasteiger partial charge in [0.05, 0.1) is 7.11 Å². The van der Waals surface area contributed by atoms with Crippen LogP contribution in [0.15, 0.2) is 24.3 Å². The molecule has 0 aliphatic rings. The van der Waals surface area contributed by atoms with Crippen LogP contribution in [-0.2, 0) is 20.7 Å². The lowest BCUT2D eigenvalue weighted by molar-refractivity contribution is -0.143. The topological polar surface area (TPSA) is 43.4 Å². The smallest absolute Gasteiger partial charge is 0.313 e. The van der Waals surface area contributed by atoms with Gasteiger partial charge < -0.3 is 4.74 Å². The Morgan fingerprint density at radius 2 is 2.00 bits per heavy atom. The summed E-state index contributed by atoms with van der Waals surface area (Å²) in [5, 5.41) is 0.538. The second-order valence-corrected chi connectivity index (χ2v) is 3.47. The van der Waals surface area contributed by atoms with Crippen molar-refractivity contribution in [3.63, 3.8) is 0 Å². The molecule has 1 rings (SSSR count). The Hall–Kier alpha value is -1.35. The number of hydrogen-bond donors (Lipinski definition) is 0. The minimum absolute atomic E-state index is 0.161. The van der Waals surface area contributed by atoms with Gasteiger partial charge in [-0.15, -0.1) is 0 Å². The fraction of sp³-hybridized carbons (Fsp3) is 0.273. The summed E-state index contributed by atoms with van der Waals surface area (Å²) in [5.74, 6) is -0.720. The molecule has 0 bridgehead atoms. The number of carbonyl (C=O) groups excluding carboxylic acids is 2. The highest BCUT2D eigenvalue weighted by molar-refractivity contribution is 6.31. The van der Waals surface area contributed by atoms with Gasteiger partial charge in [0.25, 0.3) is 0 Å². The number of hydrogen-bond acceptors (Lipinski definition) is 3. The van der Waals surface area contributed by atoms with Gasteiger partial charge in [-0.3, -0.25) is 9.59 Å². The molecule has 0 fully saturated rings. The van der Waals surface area contributed by atoms with E-state index in [1.807, 2.05) is 0 Å². The Kier molecular flexibility index (Phi) is 4.31. The van der Waals surface area contributed by atoms with Crippen LogP contribution in [0.25, 0.3) is 0 Å². The number of ether oxygens (including phenoxy) is 1. The zero-order valence-electron chi connectivity index (χ0n) is 8.33. The summed E-state index contributed by atoms with van der Waals surface area (Å²) in [5.41, 5.74) is 0.730. The average Bonchev–Trinajstić information content (AvgIpc) is 2.21. The van der Waals surface area contributed by atoms with Crippen LogP contribution in [0.5, 0.6) is 0 Å². The summed E-state index contributed by atoms with van der Waals surface area (Å²) < 4.78 is 4.40. The molecule has 0 aliphatic carbocycles. The third-order valence-corrected chi connectivity index (χ3v) is 2.28. The number of ketones is 1. The van der Waals surface area contributed by atoms with Gasteiger partial charge in [-0.25, -0.2) is 0 Å². The Bertz CT molecular complexity index is 374.